The molecule has 132 valence electrons. The van der Waals surface area contributed by atoms with E-state index in [1.165, 1.54) is 4.90 Å². The molecule has 0 aliphatic carbocycles. The minimum Gasteiger partial charge on any atom is -0.356 e. The molecule has 7 heteroatoms. The molecule has 1 aromatic heterocycles. The van der Waals surface area contributed by atoms with Crippen molar-refractivity contribution in [3.8, 4) is 0 Å². The first kappa shape index (κ1) is 20.8. The fraction of sp³-hybridized carbons (Fsp3) is 0.412. The predicted molar refractivity (Wildman–Crippen MR) is 113 cm³/mol. The monoisotopic (exact) mass is 459 g/mol. The highest BCUT2D eigenvalue weighted by Crippen LogP contribution is 2.21. The molecule has 0 aliphatic rings. The van der Waals surface area contributed by atoms with Crippen LogP contribution in [-0.2, 0) is 6.54 Å². The van der Waals surface area contributed by atoms with Crippen LogP contribution in [0.2, 0.25) is 0 Å². The van der Waals surface area contributed by atoms with E-state index in [4.69, 9.17) is 0 Å². The molecule has 0 saturated carbocycles. The van der Waals surface area contributed by atoms with Crippen molar-refractivity contribution in [3.63, 3.8) is 0 Å². The van der Waals surface area contributed by atoms with Crippen LogP contribution in [0.4, 0.5) is 0 Å². The highest BCUT2D eigenvalue weighted by molar-refractivity contribution is 14.0. The van der Waals surface area contributed by atoms with E-state index in [0.29, 0.717) is 5.25 Å². The highest BCUT2D eigenvalue weighted by Gasteiger charge is 2.05. The van der Waals surface area contributed by atoms with Crippen molar-refractivity contribution in [1.29, 1.82) is 0 Å². The predicted octanol–water partition coefficient (Wildman–Crippen LogP) is 3.24. The van der Waals surface area contributed by atoms with E-state index in [0.717, 1.165) is 32.0 Å². The summed E-state index contributed by atoms with van der Waals surface area (Å²) in [5.41, 5.74) is 0. The number of aryl methyl sites for hydroxylation is 1. The molecule has 0 saturated heterocycles. The Labute approximate surface area is 165 Å². The van der Waals surface area contributed by atoms with Crippen LogP contribution in [0, 0.1) is 0 Å². The van der Waals surface area contributed by atoms with Crippen molar-refractivity contribution in [1.82, 2.24) is 20.2 Å². The van der Waals surface area contributed by atoms with E-state index in [1.54, 1.807) is 13.2 Å². The van der Waals surface area contributed by atoms with Gasteiger partial charge in [-0.15, -0.1) is 35.7 Å². The van der Waals surface area contributed by atoms with Crippen molar-refractivity contribution < 1.29 is 0 Å². The second-order valence-corrected chi connectivity index (χ2v) is 6.79. The number of nitrogens with one attached hydrogen (secondary N) is 2. The lowest BCUT2D eigenvalue weighted by molar-refractivity contribution is 0.624. The van der Waals surface area contributed by atoms with Crippen molar-refractivity contribution in [2.24, 2.45) is 4.99 Å². The minimum absolute atomic E-state index is 0. The Bertz CT molecular complexity index is 574. The van der Waals surface area contributed by atoms with Gasteiger partial charge in [-0.25, -0.2) is 4.98 Å². The number of hydrogen-bond acceptors (Lipinski definition) is 3. The van der Waals surface area contributed by atoms with Crippen LogP contribution in [0.1, 0.15) is 13.3 Å². The van der Waals surface area contributed by atoms with E-state index in [1.807, 2.05) is 30.4 Å². The third-order valence-corrected chi connectivity index (χ3v) is 4.42. The topological polar surface area (TPSA) is 54.2 Å². The van der Waals surface area contributed by atoms with Crippen LogP contribution in [0.3, 0.4) is 0 Å². The van der Waals surface area contributed by atoms with Gasteiger partial charge in [-0.3, -0.25) is 4.99 Å². The summed E-state index contributed by atoms with van der Waals surface area (Å²) in [6.45, 7) is 4.94. The normalized spacial score (nSPS) is 12.3. The number of rotatable bonds is 8. The molecule has 1 heterocycles. The average molecular weight is 459 g/mol. The minimum atomic E-state index is 0. The van der Waals surface area contributed by atoms with E-state index >= 15 is 0 Å². The Kier molecular flexibility index (Phi) is 10.6. The molecule has 2 aromatic rings. The number of halogens is 1. The van der Waals surface area contributed by atoms with Crippen LogP contribution in [0.15, 0.2) is 58.9 Å². The van der Waals surface area contributed by atoms with Crippen LogP contribution >= 0.6 is 35.7 Å². The molecule has 0 radical (unpaired) electrons. The summed E-state index contributed by atoms with van der Waals surface area (Å²) in [6.07, 6.45) is 6.66. The van der Waals surface area contributed by atoms with Gasteiger partial charge in [0, 0.05) is 49.2 Å². The van der Waals surface area contributed by atoms with Gasteiger partial charge in [-0.05, 0) is 18.6 Å². The molecule has 2 N–H and O–H groups in total. The van der Waals surface area contributed by atoms with Crippen LogP contribution in [0.25, 0.3) is 0 Å². The molecule has 0 aliphatic heterocycles. The lowest BCUT2D eigenvalue weighted by atomic mass is 10.4. The summed E-state index contributed by atoms with van der Waals surface area (Å²) in [7, 11) is 1.81. The van der Waals surface area contributed by atoms with Crippen molar-refractivity contribution in [3.05, 3.63) is 49.1 Å². The van der Waals surface area contributed by atoms with Crippen LogP contribution in [0.5, 0.6) is 0 Å². The van der Waals surface area contributed by atoms with Gasteiger partial charge in [-0.1, -0.05) is 25.1 Å². The van der Waals surface area contributed by atoms with Crippen molar-refractivity contribution >= 4 is 41.7 Å². The average Bonchev–Trinajstić information content (AvgIpc) is 3.08. The number of nitrogens with zero attached hydrogens (tertiary/aromatic N) is 3. The zero-order chi connectivity index (χ0) is 16.3. The Morgan fingerprint density at radius 3 is 2.75 bits per heavy atom. The summed E-state index contributed by atoms with van der Waals surface area (Å²) in [5, 5.41) is 7.20. The summed E-state index contributed by atoms with van der Waals surface area (Å²) in [4.78, 5) is 9.60. The summed E-state index contributed by atoms with van der Waals surface area (Å²) in [6, 6.07) is 10.5. The van der Waals surface area contributed by atoms with E-state index in [-0.39, 0.29) is 24.0 Å². The number of imidazole rings is 1. The van der Waals surface area contributed by atoms with Crippen LogP contribution in [-0.4, -0.2) is 40.9 Å². The molecule has 1 unspecified atom stereocenters. The highest BCUT2D eigenvalue weighted by atomic mass is 127. The molecular weight excluding hydrogens is 433 g/mol. The van der Waals surface area contributed by atoms with E-state index in [9.17, 15) is 0 Å². The van der Waals surface area contributed by atoms with Gasteiger partial charge in [-0.2, -0.15) is 0 Å². The molecule has 0 bridgehead atoms. The molecule has 0 spiro atoms. The zero-order valence-corrected chi connectivity index (χ0v) is 17.3. The maximum Gasteiger partial charge on any atom is 0.191 e. The third kappa shape index (κ3) is 8.05. The molecule has 2 rings (SSSR count). The molecule has 0 amide bonds. The van der Waals surface area contributed by atoms with Gasteiger partial charge < -0.3 is 15.2 Å². The first-order valence-electron chi connectivity index (χ1n) is 7.90. The van der Waals surface area contributed by atoms with Crippen LogP contribution < -0.4 is 10.6 Å². The number of aliphatic imine (C=N–C) groups is 1. The van der Waals surface area contributed by atoms with Gasteiger partial charge in [0.1, 0.15) is 0 Å². The summed E-state index contributed by atoms with van der Waals surface area (Å²) < 4.78 is 2.08. The number of hydrogen-bond donors (Lipinski definition) is 2. The Morgan fingerprint density at radius 1 is 1.29 bits per heavy atom. The second-order valence-electron chi connectivity index (χ2n) is 5.28. The van der Waals surface area contributed by atoms with Gasteiger partial charge in [0.05, 0.1) is 6.33 Å². The van der Waals surface area contributed by atoms with Gasteiger partial charge in [0.2, 0.25) is 0 Å². The maximum absolute atomic E-state index is 4.27. The standard InChI is InChI=1S/C17H25N5S.HI/c1-15(23-16-7-4-3-5-8-16)13-21-17(18-2)20-9-6-11-22-12-10-19-14-22;/h3-5,7-8,10,12,14-15H,6,9,11,13H2,1-2H3,(H2,18,20,21);1H. The first-order chi connectivity index (χ1) is 11.3. The largest absolute Gasteiger partial charge is 0.356 e. The number of guanidine groups is 1. The number of aromatic nitrogens is 2. The lowest BCUT2D eigenvalue weighted by Gasteiger charge is -2.16. The Morgan fingerprint density at radius 2 is 2.08 bits per heavy atom. The summed E-state index contributed by atoms with van der Waals surface area (Å²) >= 11 is 1.87. The lowest BCUT2D eigenvalue weighted by Crippen LogP contribution is -2.40. The molecule has 0 fully saturated rings. The fourth-order valence-electron chi connectivity index (χ4n) is 2.12. The van der Waals surface area contributed by atoms with Gasteiger partial charge in [0.15, 0.2) is 5.96 Å². The van der Waals surface area contributed by atoms with Gasteiger partial charge in [0.25, 0.3) is 0 Å². The van der Waals surface area contributed by atoms with Crippen molar-refractivity contribution in [2.45, 2.75) is 30.0 Å². The molecule has 1 aromatic carbocycles. The molecule has 1 atom stereocenters. The van der Waals surface area contributed by atoms with E-state index in [2.05, 4.69) is 56.4 Å². The second kappa shape index (κ2) is 12.2. The number of thioether (sulfide) groups is 1. The smallest absolute Gasteiger partial charge is 0.191 e. The Hall–Kier alpha value is -1.22. The fourth-order valence-corrected chi connectivity index (χ4v) is 3.07. The molecule has 24 heavy (non-hydrogen) atoms. The number of benzene rings is 1. The molecule has 5 nitrogen and oxygen atoms in total. The summed E-state index contributed by atoms with van der Waals surface area (Å²) in [5.74, 6) is 0.858. The maximum atomic E-state index is 4.27. The SMILES string of the molecule is CN=C(NCCCn1ccnc1)NCC(C)Sc1ccccc1.I. The Balaban J connectivity index is 0.00000288. The zero-order valence-electron chi connectivity index (χ0n) is 14.2. The van der Waals surface area contributed by atoms with Gasteiger partial charge >= 0.3 is 0 Å². The third-order valence-electron chi connectivity index (χ3n) is 3.31. The molecular formula is C17H26IN5S. The first-order valence-corrected chi connectivity index (χ1v) is 8.78. The quantitative estimate of drug-likeness (QED) is 0.209. The van der Waals surface area contributed by atoms with Crippen molar-refractivity contribution in [2.75, 3.05) is 20.1 Å². The van der Waals surface area contributed by atoms with E-state index < -0.39 is 0 Å².